The van der Waals surface area contributed by atoms with Crippen molar-refractivity contribution < 1.29 is 0 Å². The molecule has 0 unspecified atom stereocenters. The van der Waals surface area contributed by atoms with Crippen LogP contribution in [0.15, 0.2) is 0 Å². The molecule has 0 bridgehead atoms. The molecule has 128 valence electrons. The first-order chi connectivity index (χ1) is 10.3. The van der Waals surface area contributed by atoms with Gasteiger partial charge in [0, 0.05) is 0 Å². The molecule has 0 spiro atoms. The van der Waals surface area contributed by atoms with E-state index in [0.29, 0.717) is 0 Å². The van der Waals surface area contributed by atoms with E-state index < -0.39 is 0 Å². The van der Waals surface area contributed by atoms with Crippen LogP contribution in [0.25, 0.3) is 0 Å². The van der Waals surface area contributed by atoms with Gasteiger partial charge >= 0.3 is 0 Å². The minimum atomic E-state index is 1.29. The summed E-state index contributed by atoms with van der Waals surface area (Å²) in [4.78, 5) is 5.29. The third-order valence-electron chi connectivity index (χ3n) is 4.11. The van der Waals surface area contributed by atoms with Crippen LogP contribution in [0.4, 0.5) is 0 Å². The summed E-state index contributed by atoms with van der Waals surface area (Å²) in [5.74, 6) is 0. The first kappa shape index (κ1) is 20.9. The van der Waals surface area contributed by atoms with Crippen LogP contribution in [0.2, 0.25) is 0 Å². The maximum absolute atomic E-state index is 2.64. The zero-order valence-corrected chi connectivity index (χ0v) is 15.5. The van der Waals surface area contributed by atoms with Crippen molar-refractivity contribution in [3.05, 3.63) is 0 Å². The summed E-state index contributed by atoms with van der Waals surface area (Å²) < 4.78 is 0. The average Bonchev–Trinajstić information content (AvgIpc) is 2.47. The van der Waals surface area contributed by atoms with Crippen molar-refractivity contribution in [2.24, 2.45) is 0 Å². The summed E-state index contributed by atoms with van der Waals surface area (Å²) in [5.41, 5.74) is 0. The van der Waals surface area contributed by atoms with Gasteiger partial charge < -0.3 is 9.80 Å². The largest absolute Gasteiger partial charge is 0.303 e. The summed E-state index contributed by atoms with van der Waals surface area (Å²) in [6.45, 7) is 17.0. The van der Waals surface area contributed by atoms with Crippen LogP contribution in [0.3, 0.4) is 0 Å². The molecule has 0 aromatic rings. The fraction of sp³-hybridized carbons (Fsp3) is 1.00. The molecule has 0 atom stereocenters. The highest BCUT2D eigenvalue weighted by molar-refractivity contribution is 4.59. The highest BCUT2D eigenvalue weighted by Crippen LogP contribution is 2.07. The molecule has 0 fully saturated rings. The molecule has 0 aliphatic rings. The van der Waals surface area contributed by atoms with Gasteiger partial charge in [-0.15, -0.1) is 0 Å². The van der Waals surface area contributed by atoms with Gasteiger partial charge in [0.1, 0.15) is 0 Å². The predicted molar refractivity (Wildman–Crippen MR) is 97.1 cm³/mol. The molecule has 0 radical (unpaired) electrons. The quantitative estimate of drug-likeness (QED) is 0.362. The molecule has 0 rings (SSSR count). The third-order valence-corrected chi connectivity index (χ3v) is 4.11. The molecule has 2 heteroatoms. The van der Waals surface area contributed by atoms with Crippen molar-refractivity contribution >= 4 is 0 Å². The normalized spacial score (nSPS) is 11.7. The summed E-state index contributed by atoms with van der Waals surface area (Å²) in [6, 6.07) is 0. The predicted octanol–water partition coefficient (Wildman–Crippen LogP) is 5.18. The van der Waals surface area contributed by atoms with Gasteiger partial charge in [-0.25, -0.2) is 0 Å². The third kappa shape index (κ3) is 13.3. The smallest absolute Gasteiger partial charge is 0.00187 e. The van der Waals surface area contributed by atoms with Crippen molar-refractivity contribution in [3.8, 4) is 0 Å². The molecule has 21 heavy (non-hydrogen) atoms. The molecule has 0 heterocycles. The van der Waals surface area contributed by atoms with Crippen molar-refractivity contribution in [3.63, 3.8) is 0 Å². The SMILES string of the molecule is CCCN(CCC)CCCCCCCN(CCC)CCC. The molecule has 0 aliphatic heterocycles. The molecule has 0 aromatic heterocycles. The summed E-state index contributed by atoms with van der Waals surface area (Å²) >= 11 is 0. The van der Waals surface area contributed by atoms with Gasteiger partial charge in [-0.2, -0.15) is 0 Å². The molecule has 0 N–H and O–H groups in total. The highest BCUT2D eigenvalue weighted by atomic mass is 15.1. The van der Waals surface area contributed by atoms with Crippen molar-refractivity contribution in [2.75, 3.05) is 39.3 Å². The number of unbranched alkanes of at least 4 members (excludes halogenated alkanes) is 4. The molecular weight excluding hydrogens is 256 g/mol. The molecule has 0 amide bonds. The molecule has 0 aliphatic carbocycles. The zero-order chi connectivity index (χ0) is 15.8. The van der Waals surface area contributed by atoms with Gasteiger partial charge in [0.15, 0.2) is 0 Å². The lowest BCUT2D eigenvalue weighted by Gasteiger charge is -2.21. The first-order valence-electron chi connectivity index (χ1n) is 9.73. The monoisotopic (exact) mass is 298 g/mol. The van der Waals surface area contributed by atoms with Crippen molar-refractivity contribution in [1.29, 1.82) is 0 Å². The molecule has 2 nitrogen and oxygen atoms in total. The van der Waals surface area contributed by atoms with Gasteiger partial charge in [0.05, 0.1) is 0 Å². The minimum absolute atomic E-state index is 1.29. The van der Waals surface area contributed by atoms with E-state index in [1.807, 2.05) is 0 Å². The Labute approximate surface area is 135 Å². The fourth-order valence-corrected chi connectivity index (χ4v) is 3.14. The van der Waals surface area contributed by atoms with E-state index >= 15 is 0 Å². The van der Waals surface area contributed by atoms with E-state index in [-0.39, 0.29) is 0 Å². The number of hydrogen-bond acceptors (Lipinski definition) is 2. The summed E-state index contributed by atoms with van der Waals surface area (Å²) in [6.07, 6.45) is 12.3. The van der Waals surface area contributed by atoms with Crippen LogP contribution in [-0.4, -0.2) is 49.1 Å². The lowest BCUT2D eigenvalue weighted by atomic mass is 10.1. The summed E-state index contributed by atoms with van der Waals surface area (Å²) in [5, 5.41) is 0. The maximum Gasteiger partial charge on any atom is -0.00187 e. The van der Waals surface area contributed by atoms with E-state index in [1.54, 1.807) is 0 Å². The van der Waals surface area contributed by atoms with E-state index in [9.17, 15) is 0 Å². The Morgan fingerprint density at radius 1 is 0.381 bits per heavy atom. The van der Waals surface area contributed by atoms with E-state index in [0.717, 1.165) is 0 Å². The Kier molecular flexibility index (Phi) is 16.2. The number of rotatable bonds is 16. The number of hydrogen-bond donors (Lipinski definition) is 0. The van der Waals surface area contributed by atoms with Gasteiger partial charge in [0.25, 0.3) is 0 Å². The molecule has 0 saturated heterocycles. The van der Waals surface area contributed by atoms with Crippen LogP contribution < -0.4 is 0 Å². The topological polar surface area (TPSA) is 6.48 Å². The van der Waals surface area contributed by atoms with Crippen LogP contribution in [-0.2, 0) is 0 Å². The van der Waals surface area contributed by atoms with Crippen LogP contribution in [0.5, 0.6) is 0 Å². The van der Waals surface area contributed by atoms with Crippen LogP contribution in [0, 0.1) is 0 Å². The van der Waals surface area contributed by atoms with Crippen molar-refractivity contribution in [2.45, 2.75) is 85.5 Å². The van der Waals surface area contributed by atoms with E-state index in [1.165, 1.54) is 97.1 Å². The zero-order valence-electron chi connectivity index (χ0n) is 15.5. The second-order valence-corrected chi connectivity index (χ2v) is 6.45. The molecule has 0 saturated carbocycles. The Morgan fingerprint density at radius 3 is 0.952 bits per heavy atom. The minimum Gasteiger partial charge on any atom is -0.303 e. The summed E-state index contributed by atoms with van der Waals surface area (Å²) in [7, 11) is 0. The van der Waals surface area contributed by atoms with Gasteiger partial charge in [-0.1, -0.05) is 47.0 Å². The standard InChI is InChI=1S/C19H42N2/c1-5-14-20(15-6-2)18-12-10-9-11-13-19-21(16-7-3)17-8-4/h5-19H2,1-4H3. The second-order valence-electron chi connectivity index (χ2n) is 6.45. The highest BCUT2D eigenvalue weighted by Gasteiger charge is 2.03. The van der Waals surface area contributed by atoms with E-state index in [2.05, 4.69) is 37.5 Å². The second kappa shape index (κ2) is 16.3. The molecule has 0 aromatic carbocycles. The lowest BCUT2D eigenvalue weighted by Crippen LogP contribution is -2.26. The lowest BCUT2D eigenvalue weighted by molar-refractivity contribution is 0.261. The first-order valence-corrected chi connectivity index (χ1v) is 9.73. The average molecular weight is 299 g/mol. The Hall–Kier alpha value is -0.0800. The fourth-order valence-electron chi connectivity index (χ4n) is 3.14. The Bertz CT molecular complexity index is 162. The Balaban J connectivity index is 3.48. The van der Waals surface area contributed by atoms with Crippen LogP contribution in [0.1, 0.15) is 85.5 Å². The van der Waals surface area contributed by atoms with Gasteiger partial charge in [0.2, 0.25) is 0 Å². The molecular formula is C19H42N2. The maximum atomic E-state index is 2.64. The van der Waals surface area contributed by atoms with Gasteiger partial charge in [-0.05, 0) is 77.8 Å². The Morgan fingerprint density at radius 2 is 0.667 bits per heavy atom. The van der Waals surface area contributed by atoms with Crippen molar-refractivity contribution in [1.82, 2.24) is 9.80 Å². The van der Waals surface area contributed by atoms with Gasteiger partial charge in [-0.3, -0.25) is 0 Å². The number of nitrogens with zero attached hydrogens (tertiary/aromatic N) is 2. The van der Waals surface area contributed by atoms with E-state index in [4.69, 9.17) is 0 Å². The van der Waals surface area contributed by atoms with Crippen LogP contribution >= 0.6 is 0 Å².